The number of hydrogen-bond donors (Lipinski definition) is 0. The Morgan fingerprint density at radius 2 is 1.72 bits per heavy atom. The van der Waals surface area contributed by atoms with Crippen LogP contribution in [0.1, 0.15) is 29.2 Å². The van der Waals surface area contributed by atoms with Gasteiger partial charge in [0.05, 0.1) is 0 Å². The first-order valence-electron chi connectivity index (χ1n) is 6.43. The molecular weight excluding hydrogens is 236 g/mol. The van der Waals surface area contributed by atoms with Gasteiger partial charge >= 0.3 is 0 Å². The molecule has 0 radical (unpaired) electrons. The highest BCUT2D eigenvalue weighted by atomic mass is 32.2. The van der Waals surface area contributed by atoms with Gasteiger partial charge in [0.25, 0.3) is 0 Å². The summed E-state index contributed by atoms with van der Waals surface area (Å²) in [4.78, 5) is 1.34. The van der Waals surface area contributed by atoms with Gasteiger partial charge in [-0.1, -0.05) is 42.8 Å². The first kappa shape index (κ1) is 13.2. The molecule has 0 spiro atoms. The molecule has 0 saturated heterocycles. The van der Waals surface area contributed by atoms with E-state index in [9.17, 15) is 0 Å². The molecule has 2 aromatic rings. The quantitative estimate of drug-likeness (QED) is 0.703. The van der Waals surface area contributed by atoms with E-state index in [-0.39, 0.29) is 0 Å². The van der Waals surface area contributed by atoms with Crippen LogP contribution >= 0.6 is 11.8 Å². The summed E-state index contributed by atoms with van der Waals surface area (Å²) in [5.74, 6) is 0. The van der Waals surface area contributed by atoms with Crippen molar-refractivity contribution in [1.29, 1.82) is 0 Å². The highest BCUT2D eigenvalue weighted by Crippen LogP contribution is 2.19. The minimum absolute atomic E-state index is 1.03. The molecule has 0 N–H and O–H groups in total. The zero-order valence-corrected chi connectivity index (χ0v) is 12.2. The molecule has 0 aliphatic rings. The molecule has 0 saturated carbocycles. The van der Waals surface area contributed by atoms with E-state index in [0.29, 0.717) is 0 Å². The van der Waals surface area contributed by atoms with E-state index in [1.807, 2.05) is 0 Å². The van der Waals surface area contributed by atoms with Crippen LogP contribution in [0.2, 0.25) is 0 Å². The molecule has 0 heterocycles. The van der Waals surface area contributed by atoms with Crippen molar-refractivity contribution in [2.45, 2.75) is 31.6 Å². The van der Waals surface area contributed by atoms with Crippen LogP contribution in [0.4, 0.5) is 0 Å². The fraction of sp³-hybridized carbons (Fsp3) is 0.294. The highest BCUT2D eigenvalue weighted by molar-refractivity contribution is 7.98. The minimum atomic E-state index is 1.03. The smallest absolute Gasteiger partial charge is 0.00719 e. The summed E-state index contributed by atoms with van der Waals surface area (Å²) in [6, 6.07) is 15.7. The number of rotatable bonds is 4. The molecule has 0 aliphatic heterocycles. The molecule has 0 fully saturated rings. The Labute approximate surface area is 114 Å². The van der Waals surface area contributed by atoms with Gasteiger partial charge in [-0.05, 0) is 54.8 Å². The van der Waals surface area contributed by atoms with Gasteiger partial charge in [0.2, 0.25) is 0 Å². The second kappa shape index (κ2) is 6.10. The van der Waals surface area contributed by atoms with E-state index < -0.39 is 0 Å². The van der Waals surface area contributed by atoms with Crippen LogP contribution in [-0.4, -0.2) is 6.26 Å². The third kappa shape index (κ3) is 3.39. The van der Waals surface area contributed by atoms with Gasteiger partial charge in [-0.25, -0.2) is 0 Å². The molecule has 0 nitrogen and oxygen atoms in total. The Kier molecular flexibility index (Phi) is 4.48. The average molecular weight is 256 g/mol. The SMILES string of the molecule is CCc1cc(C)cc(Cc2cccc(SC)c2)c1. The molecule has 0 aromatic heterocycles. The largest absolute Gasteiger partial charge is 0.130 e. The Hall–Kier alpha value is -1.21. The van der Waals surface area contributed by atoms with Gasteiger partial charge in [-0.2, -0.15) is 0 Å². The minimum Gasteiger partial charge on any atom is -0.130 e. The lowest BCUT2D eigenvalue weighted by molar-refractivity contribution is 1.09. The molecule has 0 bridgehead atoms. The topological polar surface area (TPSA) is 0 Å². The maximum atomic E-state index is 2.33. The van der Waals surface area contributed by atoms with Crippen LogP contribution in [0, 0.1) is 6.92 Å². The maximum absolute atomic E-state index is 2.33. The third-order valence-corrected chi connectivity index (χ3v) is 3.87. The summed E-state index contributed by atoms with van der Waals surface area (Å²) in [7, 11) is 0. The molecule has 0 aliphatic carbocycles. The van der Waals surface area contributed by atoms with Crippen LogP contribution in [0.15, 0.2) is 47.4 Å². The second-order valence-corrected chi connectivity index (χ2v) is 5.59. The van der Waals surface area contributed by atoms with Gasteiger partial charge < -0.3 is 0 Å². The Morgan fingerprint density at radius 3 is 2.44 bits per heavy atom. The van der Waals surface area contributed by atoms with Crippen LogP contribution in [0.3, 0.4) is 0 Å². The van der Waals surface area contributed by atoms with Crippen molar-refractivity contribution in [1.82, 2.24) is 0 Å². The van der Waals surface area contributed by atoms with Gasteiger partial charge in [0.15, 0.2) is 0 Å². The number of thioether (sulfide) groups is 1. The highest BCUT2D eigenvalue weighted by Gasteiger charge is 2.01. The van der Waals surface area contributed by atoms with Crippen LogP contribution in [-0.2, 0) is 12.8 Å². The number of benzene rings is 2. The molecule has 2 rings (SSSR count). The van der Waals surface area contributed by atoms with Crippen LogP contribution < -0.4 is 0 Å². The lowest BCUT2D eigenvalue weighted by Crippen LogP contribution is -1.92. The molecule has 0 unspecified atom stereocenters. The number of aryl methyl sites for hydroxylation is 2. The van der Waals surface area contributed by atoms with Crippen molar-refractivity contribution in [3.63, 3.8) is 0 Å². The Balaban J connectivity index is 2.24. The van der Waals surface area contributed by atoms with Gasteiger partial charge in [-0.15, -0.1) is 11.8 Å². The van der Waals surface area contributed by atoms with Gasteiger partial charge in [-0.3, -0.25) is 0 Å². The summed E-state index contributed by atoms with van der Waals surface area (Å²) in [5, 5.41) is 0. The molecule has 2 aromatic carbocycles. The van der Waals surface area contributed by atoms with E-state index in [2.05, 4.69) is 62.6 Å². The molecule has 1 heteroatoms. The molecule has 0 atom stereocenters. The van der Waals surface area contributed by atoms with Gasteiger partial charge in [0, 0.05) is 4.90 Å². The summed E-state index contributed by atoms with van der Waals surface area (Å²) in [6.45, 7) is 4.40. The Bertz CT molecular complexity index is 529. The van der Waals surface area contributed by atoms with E-state index >= 15 is 0 Å². The van der Waals surface area contributed by atoms with Crippen molar-refractivity contribution in [2.75, 3.05) is 6.26 Å². The summed E-state index contributed by atoms with van der Waals surface area (Å²) in [6.07, 6.45) is 4.27. The second-order valence-electron chi connectivity index (χ2n) is 4.71. The maximum Gasteiger partial charge on any atom is 0.00719 e. The van der Waals surface area contributed by atoms with Crippen LogP contribution in [0.5, 0.6) is 0 Å². The summed E-state index contributed by atoms with van der Waals surface area (Å²) >= 11 is 1.80. The van der Waals surface area contributed by atoms with E-state index in [4.69, 9.17) is 0 Å². The van der Waals surface area contributed by atoms with E-state index in [1.165, 1.54) is 27.1 Å². The predicted molar refractivity (Wildman–Crippen MR) is 81.6 cm³/mol. The molecule has 18 heavy (non-hydrogen) atoms. The molecule has 0 amide bonds. The first-order valence-corrected chi connectivity index (χ1v) is 7.66. The predicted octanol–water partition coefficient (Wildman–Crippen LogP) is 4.87. The lowest BCUT2D eigenvalue weighted by Gasteiger charge is -2.07. The summed E-state index contributed by atoms with van der Waals surface area (Å²) in [5.41, 5.74) is 5.62. The standard InChI is InChI=1S/C17H20S/c1-4-14-8-13(2)9-16(10-14)11-15-6-5-7-17(12-15)18-3/h5-10,12H,4,11H2,1-3H3. The van der Waals surface area contributed by atoms with Crippen molar-refractivity contribution < 1.29 is 0 Å². The van der Waals surface area contributed by atoms with Crippen molar-refractivity contribution in [2.24, 2.45) is 0 Å². The number of hydrogen-bond acceptors (Lipinski definition) is 1. The van der Waals surface area contributed by atoms with E-state index in [1.54, 1.807) is 11.8 Å². The summed E-state index contributed by atoms with van der Waals surface area (Å²) < 4.78 is 0. The fourth-order valence-electron chi connectivity index (χ4n) is 2.27. The van der Waals surface area contributed by atoms with Crippen molar-refractivity contribution in [3.05, 3.63) is 64.7 Å². The molecule has 94 valence electrons. The third-order valence-electron chi connectivity index (χ3n) is 3.15. The monoisotopic (exact) mass is 256 g/mol. The van der Waals surface area contributed by atoms with Crippen molar-refractivity contribution >= 4 is 11.8 Å². The average Bonchev–Trinajstić information content (AvgIpc) is 2.38. The molecular formula is C17H20S. The van der Waals surface area contributed by atoms with Gasteiger partial charge in [0.1, 0.15) is 0 Å². The van der Waals surface area contributed by atoms with Crippen molar-refractivity contribution in [3.8, 4) is 0 Å². The zero-order chi connectivity index (χ0) is 13.0. The normalized spacial score (nSPS) is 10.6. The fourth-order valence-corrected chi connectivity index (χ4v) is 2.76. The zero-order valence-electron chi connectivity index (χ0n) is 11.4. The van der Waals surface area contributed by atoms with Crippen LogP contribution in [0.25, 0.3) is 0 Å². The van der Waals surface area contributed by atoms with E-state index in [0.717, 1.165) is 12.8 Å². The lowest BCUT2D eigenvalue weighted by atomic mass is 9.99. The first-order chi connectivity index (χ1) is 8.71. The Morgan fingerprint density at radius 1 is 0.944 bits per heavy atom.